The van der Waals surface area contributed by atoms with Gasteiger partial charge in [0.2, 0.25) is 0 Å². The second kappa shape index (κ2) is 6.21. The molecule has 1 N–H and O–H groups in total. The Kier molecular flexibility index (Phi) is 4.37. The van der Waals surface area contributed by atoms with E-state index in [0.717, 1.165) is 17.1 Å². The number of aryl methyl sites for hydroxylation is 1. The van der Waals surface area contributed by atoms with E-state index in [0.29, 0.717) is 13.1 Å². The van der Waals surface area contributed by atoms with Gasteiger partial charge >= 0.3 is 5.69 Å². The Morgan fingerprint density at radius 1 is 1.30 bits per heavy atom. The molecule has 0 bridgehead atoms. The highest BCUT2D eigenvalue weighted by Gasteiger charge is 2.14. The minimum atomic E-state index is -0.446. The maximum absolute atomic E-state index is 10.9. The third-order valence-corrected chi connectivity index (χ3v) is 2.86. The molecule has 0 amide bonds. The van der Waals surface area contributed by atoms with Gasteiger partial charge in [-0.15, -0.1) is 0 Å². The largest absolute Gasteiger partial charge is 0.490 e. The number of benzene rings is 1. The van der Waals surface area contributed by atoms with Crippen molar-refractivity contribution in [3.05, 3.63) is 57.5 Å². The van der Waals surface area contributed by atoms with Gasteiger partial charge in [0.05, 0.1) is 18.6 Å². The Labute approximate surface area is 116 Å². The van der Waals surface area contributed by atoms with Gasteiger partial charge in [-0.05, 0) is 30.7 Å². The Hall–Kier alpha value is -2.34. The monoisotopic (exact) mass is 276 g/mol. The van der Waals surface area contributed by atoms with Crippen LogP contribution in [0.5, 0.6) is 5.75 Å². The van der Waals surface area contributed by atoms with E-state index in [1.165, 1.54) is 13.2 Å². The van der Waals surface area contributed by atoms with Crippen LogP contribution in [0.25, 0.3) is 0 Å². The maximum Gasteiger partial charge on any atom is 0.311 e. The molecule has 2 rings (SSSR count). The van der Waals surface area contributed by atoms with Crippen molar-refractivity contribution in [1.29, 1.82) is 0 Å². The first-order chi connectivity index (χ1) is 9.60. The maximum atomic E-state index is 10.9. The van der Waals surface area contributed by atoms with Crippen LogP contribution in [-0.2, 0) is 13.1 Å². The second-order valence-electron chi connectivity index (χ2n) is 4.38. The van der Waals surface area contributed by atoms with Gasteiger partial charge in [0.25, 0.3) is 0 Å². The summed E-state index contributed by atoms with van der Waals surface area (Å²) in [4.78, 5) is 10.5. The van der Waals surface area contributed by atoms with Crippen molar-refractivity contribution >= 4 is 5.69 Å². The number of nitro groups is 1. The van der Waals surface area contributed by atoms with Gasteiger partial charge in [-0.2, -0.15) is 0 Å². The van der Waals surface area contributed by atoms with E-state index in [1.54, 1.807) is 12.1 Å². The first-order valence-electron chi connectivity index (χ1n) is 6.17. The van der Waals surface area contributed by atoms with E-state index in [9.17, 15) is 10.1 Å². The third kappa shape index (κ3) is 3.36. The number of furan rings is 1. The molecule has 6 nitrogen and oxygen atoms in total. The molecule has 0 aliphatic heterocycles. The molecule has 20 heavy (non-hydrogen) atoms. The number of ether oxygens (including phenoxy) is 1. The molecular formula is C14H16N2O4. The molecule has 0 unspecified atom stereocenters. The van der Waals surface area contributed by atoms with Crippen LogP contribution >= 0.6 is 0 Å². The highest BCUT2D eigenvalue weighted by molar-refractivity contribution is 5.48. The summed E-state index contributed by atoms with van der Waals surface area (Å²) in [5.74, 6) is 1.97. The number of nitrogens with zero attached hydrogens (tertiary/aromatic N) is 1. The number of nitro benzene ring substituents is 1. The molecular weight excluding hydrogens is 260 g/mol. The number of methoxy groups -OCH3 is 1. The molecule has 0 saturated carbocycles. The molecule has 106 valence electrons. The number of nitrogens with one attached hydrogen (secondary N) is 1. The van der Waals surface area contributed by atoms with Gasteiger partial charge in [0, 0.05) is 12.6 Å². The second-order valence-corrected chi connectivity index (χ2v) is 4.38. The Morgan fingerprint density at radius 2 is 2.10 bits per heavy atom. The summed E-state index contributed by atoms with van der Waals surface area (Å²) in [6.07, 6.45) is 0. The fourth-order valence-corrected chi connectivity index (χ4v) is 1.90. The summed E-state index contributed by atoms with van der Waals surface area (Å²) >= 11 is 0. The van der Waals surface area contributed by atoms with Crippen LogP contribution in [0.1, 0.15) is 17.1 Å². The molecule has 6 heteroatoms. The van der Waals surface area contributed by atoms with Crippen molar-refractivity contribution in [1.82, 2.24) is 5.32 Å². The van der Waals surface area contributed by atoms with Gasteiger partial charge in [-0.25, -0.2) is 0 Å². The van der Waals surface area contributed by atoms with Gasteiger partial charge < -0.3 is 14.5 Å². The summed E-state index contributed by atoms with van der Waals surface area (Å²) in [7, 11) is 1.42. The quantitative estimate of drug-likeness (QED) is 0.648. The third-order valence-electron chi connectivity index (χ3n) is 2.86. The van der Waals surface area contributed by atoms with Gasteiger partial charge in [0.1, 0.15) is 11.5 Å². The first-order valence-corrected chi connectivity index (χ1v) is 6.17. The minimum Gasteiger partial charge on any atom is -0.490 e. The van der Waals surface area contributed by atoms with Crippen LogP contribution in [0.3, 0.4) is 0 Å². The average molecular weight is 276 g/mol. The van der Waals surface area contributed by atoms with E-state index in [-0.39, 0.29) is 11.4 Å². The van der Waals surface area contributed by atoms with Crippen LogP contribution in [0.15, 0.2) is 34.7 Å². The molecule has 0 radical (unpaired) electrons. The van der Waals surface area contributed by atoms with Crippen LogP contribution < -0.4 is 10.1 Å². The van der Waals surface area contributed by atoms with E-state index in [1.807, 2.05) is 19.1 Å². The standard InChI is InChI=1S/C14H16N2O4/c1-10-3-5-12(20-10)9-15-8-11-4-6-14(19-2)13(7-11)16(17)18/h3-7,15H,8-9H2,1-2H3. The zero-order chi connectivity index (χ0) is 14.5. The molecule has 2 aromatic rings. The molecule has 0 atom stereocenters. The summed E-state index contributed by atoms with van der Waals surface area (Å²) in [6, 6.07) is 8.71. The lowest BCUT2D eigenvalue weighted by Gasteiger charge is -2.06. The van der Waals surface area contributed by atoms with Crippen molar-refractivity contribution in [2.24, 2.45) is 0 Å². The van der Waals surface area contributed by atoms with Gasteiger partial charge in [0.15, 0.2) is 5.75 Å². The first kappa shape index (κ1) is 14.1. The van der Waals surface area contributed by atoms with Crippen LogP contribution in [0.2, 0.25) is 0 Å². The molecule has 1 aromatic carbocycles. The lowest BCUT2D eigenvalue weighted by atomic mass is 10.2. The zero-order valence-electron chi connectivity index (χ0n) is 11.4. The Morgan fingerprint density at radius 3 is 2.70 bits per heavy atom. The van der Waals surface area contributed by atoms with E-state index in [4.69, 9.17) is 9.15 Å². The summed E-state index contributed by atoms with van der Waals surface area (Å²) in [5.41, 5.74) is 0.793. The van der Waals surface area contributed by atoms with Crippen molar-refractivity contribution in [3.63, 3.8) is 0 Å². The molecule has 0 aliphatic rings. The van der Waals surface area contributed by atoms with Crippen molar-refractivity contribution < 1.29 is 14.1 Å². The molecule has 0 fully saturated rings. The number of rotatable bonds is 6. The Bertz CT molecular complexity index is 607. The predicted octanol–water partition coefficient (Wildman–Crippen LogP) is 2.79. The summed E-state index contributed by atoms with van der Waals surface area (Å²) in [5, 5.41) is 14.1. The van der Waals surface area contributed by atoms with Crippen molar-refractivity contribution in [3.8, 4) is 5.75 Å². The Balaban J connectivity index is 1.99. The van der Waals surface area contributed by atoms with Gasteiger partial charge in [-0.1, -0.05) is 6.07 Å². The molecule has 1 aromatic heterocycles. The van der Waals surface area contributed by atoms with E-state index in [2.05, 4.69) is 5.32 Å². The highest BCUT2D eigenvalue weighted by atomic mass is 16.6. The van der Waals surface area contributed by atoms with Gasteiger partial charge in [-0.3, -0.25) is 10.1 Å². The average Bonchev–Trinajstić information content (AvgIpc) is 2.84. The fraction of sp³-hybridized carbons (Fsp3) is 0.286. The number of hydrogen-bond acceptors (Lipinski definition) is 5. The summed E-state index contributed by atoms with van der Waals surface area (Å²) in [6.45, 7) is 2.98. The van der Waals surface area contributed by atoms with E-state index >= 15 is 0 Å². The van der Waals surface area contributed by atoms with Crippen molar-refractivity contribution in [2.45, 2.75) is 20.0 Å². The van der Waals surface area contributed by atoms with Crippen LogP contribution in [0, 0.1) is 17.0 Å². The SMILES string of the molecule is COc1ccc(CNCc2ccc(C)o2)cc1[N+](=O)[O-]. The zero-order valence-corrected chi connectivity index (χ0v) is 11.4. The van der Waals surface area contributed by atoms with Crippen molar-refractivity contribution in [2.75, 3.05) is 7.11 Å². The lowest BCUT2D eigenvalue weighted by molar-refractivity contribution is -0.385. The molecule has 1 heterocycles. The lowest BCUT2D eigenvalue weighted by Crippen LogP contribution is -2.12. The number of hydrogen-bond donors (Lipinski definition) is 1. The fourth-order valence-electron chi connectivity index (χ4n) is 1.90. The summed E-state index contributed by atoms with van der Waals surface area (Å²) < 4.78 is 10.4. The highest BCUT2D eigenvalue weighted by Crippen LogP contribution is 2.27. The molecule has 0 aliphatic carbocycles. The minimum absolute atomic E-state index is 0.0272. The van der Waals surface area contributed by atoms with Crippen LogP contribution in [0.4, 0.5) is 5.69 Å². The topological polar surface area (TPSA) is 77.5 Å². The smallest absolute Gasteiger partial charge is 0.311 e. The molecule has 0 spiro atoms. The normalized spacial score (nSPS) is 10.5. The predicted molar refractivity (Wildman–Crippen MR) is 73.6 cm³/mol. The molecule has 0 saturated heterocycles. The van der Waals surface area contributed by atoms with Crippen LogP contribution in [-0.4, -0.2) is 12.0 Å². The van der Waals surface area contributed by atoms with E-state index < -0.39 is 4.92 Å².